The third kappa shape index (κ3) is 2.49. The van der Waals surface area contributed by atoms with E-state index in [1.807, 2.05) is 41.9 Å². The van der Waals surface area contributed by atoms with Crippen LogP contribution in [0, 0.1) is 17.4 Å². The van der Waals surface area contributed by atoms with Gasteiger partial charge in [0.25, 0.3) is 0 Å². The zero-order valence-corrected chi connectivity index (χ0v) is 11.4. The molecule has 1 aliphatic heterocycles. The Morgan fingerprint density at radius 1 is 1.40 bits per heavy atom. The van der Waals surface area contributed by atoms with Crippen LogP contribution in [-0.2, 0) is 4.79 Å². The van der Waals surface area contributed by atoms with Crippen molar-refractivity contribution in [2.24, 2.45) is 5.92 Å². The minimum atomic E-state index is -0.112. The SMILES string of the molecule is N#CN1CC(C(=O)Nc2nc(-c3ccccc3)cs2)C1. The first-order chi connectivity index (χ1) is 9.76. The Labute approximate surface area is 120 Å². The minimum Gasteiger partial charge on any atom is -0.309 e. The van der Waals surface area contributed by atoms with Crippen LogP contribution in [0.2, 0.25) is 0 Å². The van der Waals surface area contributed by atoms with E-state index < -0.39 is 0 Å². The number of aromatic nitrogens is 1. The fourth-order valence-electron chi connectivity index (χ4n) is 2.01. The lowest BCUT2D eigenvalue weighted by molar-refractivity contribution is -0.123. The van der Waals surface area contributed by atoms with Gasteiger partial charge in [-0.25, -0.2) is 4.98 Å². The van der Waals surface area contributed by atoms with Gasteiger partial charge in [0.05, 0.1) is 11.6 Å². The van der Waals surface area contributed by atoms with Crippen molar-refractivity contribution in [1.29, 1.82) is 5.26 Å². The molecular formula is C14H12N4OS. The summed E-state index contributed by atoms with van der Waals surface area (Å²) in [5.74, 6) is -0.177. The molecule has 100 valence electrons. The van der Waals surface area contributed by atoms with Crippen molar-refractivity contribution in [3.63, 3.8) is 0 Å². The summed E-state index contributed by atoms with van der Waals surface area (Å²) in [7, 11) is 0. The van der Waals surface area contributed by atoms with E-state index in [9.17, 15) is 4.79 Å². The maximum atomic E-state index is 11.9. The number of benzene rings is 1. The van der Waals surface area contributed by atoms with E-state index >= 15 is 0 Å². The highest BCUT2D eigenvalue weighted by Crippen LogP contribution is 2.25. The number of rotatable bonds is 3. The Hall–Kier alpha value is -2.39. The quantitative estimate of drug-likeness (QED) is 0.877. The fraction of sp³-hybridized carbons (Fsp3) is 0.214. The standard InChI is InChI=1S/C14H12N4OS/c15-9-18-6-11(7-18)13(19)17-14-16-12(8-20-14)10-4-2-1-3-5-10/h1-5,8,11H,6-7H2,(H,16,17,19). The topological polar surface area (TPSA) is 69.0 Å². The number of nitrogens with zero attached hydrogens (tertiary/aromatic N) is 3. The largest absolute Gasteiger partial charge is 0.309 e. The first-order valence-corrected chi connectivity index (χ1v) is 7.11. The molecule has 2 heterocycles. The molecule has 0 atom stereocenters. The molecule has 2 aromatic rings. The number of nitrogens with one attached hydrogen (secondary N) is 1. The normalized spacial score (nSPS) is 14.4. The zero-order valence-electron chi connectivity index (χ0n) is 10.6. The average Bonchev–Trinajstić information content (AvgIpc) is 2.87. The molecule has 5 nitrogen and oxygen atoms in total. The van der Waals surface area contributed by atoms with Gasteiger partial charge in [0.1, 0.15) is 0 Å². The van der Waals surface area contributed by atoms with Crippen molar-refractivity contribution in [2.45, 2.75) is 0 Å². The molecular weight excluding hydrogens is 272 g/mol. The predicted octanol–water partition coefficient (Wildman–Crippen LogP) is 2.16. The molecule has 20 heavy (non-hydrogen) atoms. The van der Waals surface area contributed by atoms with Gasteiger partial charge >= 0.3 is 0 Å². The molecule has 1 saturated heterocycles. The van der Waals surface area contributed by atoms with E-state index in [0.717, 1.165) is 11.3 Å². The van der Waals surface area contributed by atoms with E-state index in [2.05, 4.69) is 10.3 Å². The molecule has 1 aromatic carbocycles. The van der Waals surface area contributed by atoms with Crippen LogP contribution in [0.25, 0.3) is 11.3 Å². The van der Waals surface area contributed by atoms with Crippen LogP contribution in [0.15, 0.2) is 35.7 Å². The lowest BCUT2D eigenvalue weighted by Crippen LogP contribution is -2.49. The molecule has 1 N–H and O–H groups in total. The van der Waals surface area contributed by atoms with E-state index in [-0.39, 0.29) is 11.8 Å². The van der Waals surface area contributed by atoms with E-state index in [1.54, 1.807) is 4.90 Å². The highest BCUT2D eigenvalue weighted by atomic mass is 32.1. The van der Waals surface area contributed by atoms with Crippen molar-refractivity contribution < 1.29 is 4.79 Å². The third-order valence-corrected chi connectivity index (χ3v) is 3.96. The summed E-state index contributed by atoms with van der Waals surface area (Å²) in [6.45, 7) is 0.999. The zero-order chi connectivity index (χ0) is 13.9. The molecule has 0 unspecified atom stereocenters. The number of likely N-dealkylation sites (tertiary alicyclic amines) is 1. The Morgan fingerprint density at radius 2 is 2.15 bits per heavy atom. The summed E-state index contributed by atoms with van der Waals surface area (Å²) in [5, 5.41) is 14.0. The number of carbonyl (C=O) groups excluding carboxylic acids is 1. The summed E-state index contributed by atoms with van der Waals surface area (Å²) < 4.78 is 0. The second-order valence-corrected chi connectivity index (χ2v) is 5.45. The van der Waals surface area contributed by atoms with Crippen molar-refractivity contribution in [3.8, 4) is 17.5 Å². The van der Waals surface area contributed by atoms with Gasteiger partial charge < -0.3 is 10.2 Å². The van der Waals surface area contributed by atoms with Crippen LogP contribution in [0.3, 0.4) is 0 Å². The Morgan fingerprint density at radius 3 is 2.85 bits per heavy atom. The first kappa shape index (κ1) is 12.6. The molecule has 0 aliphatic carbocycles. The van der Waals surface area contributed by atoms with Crippen LogP contribution < -0.4 is 5.32 Å². The van der Waals surface area contributed by atoms with Crippen LogP contribution in [0.5, 0.6) is 0 Å². The maximum Gasteiger partial charge on any atom is 0.232 e. The number of hydrogen-bond acceptors (Lipinski definition) is 5. The predicted molar refractivity (Wildman–Crippen MR) is 76.9 cm³/mol. The van der Waals surface area contributed by atoms with Gasteiger partial charge in [-0.15, -0.1) is 11.3 Å². The number of carbonyl (C=O) groups is 1. The molecule has 0 saturated carbocycles. The summed E-state index contributed by atoms with van der Waals surface area (Å²) in [5.41, 5.74) is 1.89. The van der Waals surface area contributed by atoms with Crippen molar-refractivity contribution >= 4 is 22.4 Å². The Kier molecular flexibility index (Phi) is 3.35. The first-order valence-electron chi connectivity index (χ1n) is 6.23. The fourth-order valence-corrected chi connectivity index (χ4v) is 2.73. The van der Waals surface area contributed by atoms with E-state index in [0.29, 0.717) is 18.2 Å². The van der Waals surface area contributed by atoms with Crippen LogP contribution in [0.4, 0.5) is 5.13 Å². The van der Waals surface area contributed by atoms with Gasteiger partial charge in [0, 0.05) is 24.0 Å². The number of hydrogen-bond donors (Lipinski definition) is 1. The smallest absolute Gasteiger partial charge is 0.232 e. The van der Waals surface area contributed by atoms with Crippen LogP contribution >= 0.6 is 11.3 Å². The van der Waals surface area contributed by atoms with Crippen LogP contribution in [-0.4, -0.2) is 28.9 Å². The molecule has 0 radical (unpaired) electrons. The lowest BCUT2D eigenvalue weighted by Gasteiger charge is -2.33. The van der Waals surface area contributed by atoms with Crippen molar-refractivity contribution in [1.82, 2.24) is 9.88 Å². The highest BCUT2D eigenvalue weighted by molar-refractivity contribution is 7.14. The van der Waals surface area contributed by atoms with Gasteiger partial charge in [-0.2, -0.15) is 5.26 Å². The molecule has 1 amide bonds. The number of nitriles is 1. The molecule has 1 aliphatic rings. The molecule has 1 fully saturated rings. The average molecular weight is 284 g/mol. The van der Waals surface area contributed by atoms with Crippen molar-refractivity contribution in [2.75, 3.05) is 18.4 Å². The molecule has 6 heteroatoms. The van der Waals surface area contributed by atoms with E-state index in [1.165, 1.54) is 11.3 Å². The van der Waals surface area contributed by atoms with Gasteiger partial charge in [-0.05, 0) is 0 Å². The van der Waals surface area contributed by atoms with Gasteiger partial charge in [0.2, 0.25) is 5.91 Å². The Balaban J connectivity index is 1.64. The molecule has 0 spiro atoms. The highest BCUT2D eigenvalue weighted by Gasteiger charge is 2.32. The Bertz CT molecular complexity index is 655. The monoisotopic (exact) mass is 284 g/mol. The number of amides is 1. The summed E-state index contributed by atoms with van der Waals surface area (Å²) in [6, 6.07) is 9.83. The second kappa shape index (κ2) is 5.31. The summed E-state index contributed by atoms with van der Waals surface area (Å²) in [4.78, 5) is 17.9. The minimum absolute atomic E-state index is 0.0644. The van der Waals surface area contributed by atoms with E-state index in [4.69, 9.17) is 5.26 Å². The summed E-state index contributed by atoms with van der Waals surface area (Å²) in [6.07, 6.45) is 2.02. The molecule has 3 rings (SSSR count). The number of thiazole rings is 1. The van der Waals surface area contributed by atoms with Gasteiger partial charge in [-0.3, -0.25) is 4.79 Å². The molecule has 1 aromatic heterocycles. The van der Waals surface area contributed by atoms with Gasteiger partial charge in [-0.1, -0.05) is 30.3 Å². The second-order valence-electron chi connectivity index (χ2n) is 4.60. The van der Waals surface area contributed by atoms with Gasteiger partial charge in [0.15, 0.2) is 11.3 Å². The number of anilines is 1. The molecule has 0 bridgehead atoms. The maximum absolute atomic E-state index is 11.9. The van der Waals surface area contributed by atoms with Crippen molar-refractivity contribution in [3.05, 3.63) is 35.7 Å². The summed E-state index contributed by atoms with van der Waals surface area (Å²) >= 11 is 1.41. The third-order valence-electron chi connectivity index (χ3n) is 3.20. The van der Waals surface area contributed by atoms with Crippen LogP contribution in [0.1, 0.15) is 0 Å². The lowest BCUT2D eigenvalue weighted by atomic mass is 10.0.